The fraction of sp³-hybridized carbons (Fsp3) is 0.318. The zero-order valence-corrected chi connectivity index (χ0v) is 17.4. The topological polar surface area (TPSA) is 137 Å². The second-order valence-electron chi connectivity index (χ2n) is 7.03. The maximum atomic E-state index is 13.0. The lowest BCUT2D eigenvalue weighted by molar-refractivity contribution is -0.136. The van der Waals surface area contributed by atoms with Crippen LogP contribution in [0, 0.1) is 5.92 Å². The van der Waals surface area contributed by atoms with Crippen molar-refractivity contribution in [3.8, 4) is 11.5 Å². The maximum absolute atomic E-state index is 13.0. The first kappa shape index (κ1) is 23.7. The Hall–Kier alpha value is -3.59. The number of rotatable bonds is 10. The van der Waals surface area contributed by atoms with Gasteiger partial charge in [-0.3, -0.25) is 19.6 Å². The van der Waals surface area contributed by atoms with Gasteiger partial charge in [-0.05, 0) is 41.8 Å². The van der Waals surface area contributed by atoms with E-state index in [0.29, 0.717) is 5.75 Å². The molecule has 9 nitrogen and oxygen atoms in total. The molecule has 0 saturated carbocycles. The Kier molecular flexibility index (Phi) is 8.83. The Morgan fingerprint density at radius 2 is 1.52 bits per heavy atom. The lowest BCUT2D eigenvalue weighted by Gasteiger charge is -2.22. The van der Waals surface area contributed by atoms with Gasteiger partial charge in [0.25, 0.3) is 0 Å². The van der Waals surface area contributed by atoms with Gasteiger partial charge in [0.2, 0.25) is 17.7 Å². The highest BCUT2D eigenvalue weighted by Gasteiger charge is 2.27. The van der Waals surface area contributed by atoms with Crippen LogP contribution in [-0.2, 0) is 27.2 Å². The molecule has 0 aliphatic heterocycles. The Morgan fingerprint density at radius 1 is 0.935 bits per heavy atom. The number of hydrogen-bond acceptors (Lipinski definition) is 6. The molecule has 2 aromatic rings. The third-order valence-electron chi connectivity index (χ3n) is 4.82. The number of hydrogen-bond donors (Lipinski definition) is 5. The summed E-state index contributed by atoms with van der Waals surface area (Å²) in [5.74, 6) is -1.67. The molecule has 2 atom stereocenters. The molecule has 0 aliphatic rings. The number of amides is 3. The van der Waals surface area contributed by atoms with Gasteiger partial charge in [-0.2, -0.15) is 0 Å². The van der Waals surface area contributed by atoms with Crippen molar-refractivity contribution in [3.63, 3.8) is 0 Å². The van der Waals surface area contributed by atoms with Gasteiger partial charge in [-0.15, -0.1) is 0 Å². The second kappa shape index (κ2) is 11.6. The van der Waals surface area contributed by atoms with E-state index in [4.69, 9.17) is 9.94 Å². The fourth-order valence-electron chi connectivity index (χ4n) is 3.11. The summed E-state index contributed by atoms with van der Waals surface area (Å²) >= 11 is 0. The van der Waals surface area contributed by atoms with E-state index in [-0.39, 0.29) is 30.9 Å². The Balaban J connectivity index is 2.17. The molecule has 0 aliphatic carbocycles. The second-order valence-corrected chi connectivity index (χ2v) is 7.03. The standard InChI is InChI=1S/C22H27N3O6/c1-23-22(29)19(12-15-5-9-18(31-2)10-6-15)24-21(28)16(13-20(27)25-30)11-14-3-7-17(26)8-4-14/h3-10,16,19,26,30H,11-13H2,1-2H3,(H,23,29)(H,24,28)(H,25,27)/t16-,19-/m0/s1. The monoisotopic (exact) mass is 429 g/mol. The van der Waals surface area contributed by atoms with Gasteiger partial charge in [0.1, 0.15) is 17.5 Å². The molecular formula is C22H27N3O6. The number of phenolic OH excluding ortho intramolecular Hbond substituents is 1. The molecule has 5 N–H and O–H groups in total. The molecule has 2 rings (SSSR count). The number of phenols is 1. The number of carbonyl (C=O) groups is 3. The van der Waals surface area contributed by atoms with Gasteiger partial charge in [-0.25, -0.2) is 5.48 Å². The Bertz CT molecular complexity index is 883. The molecule has 0 aromatic heterocycles. The number of ether oxygens (including phenoxy) is 1. The van der Waals surface area contributed by atoms with Crippen LogP contribution < -0.4 is 20.9 Å². The first-order chi connectivity index (χ1) is 14.9. The van der Waals surface area contributed by atoms with E-state index in [1.807, 2.05) is 0 Å². The minimum atomic E-state index is -0.856. The summed E-state index contributed by atoms with van der Waals surface area (Å²) in [6.07, 6.45) is 0.155. The highest BCUT2D eigenvalue weighted by Crippen LogP contribution is 2.17. The van der Waals surface area contributed by atoms with Crippen LogP contribution in [0.2, 0.25) is 0 Å². The third kappa shape index (κ3) is 7.31. The molecule has 0 spiro atoms. The van der Waals surface area contributed by atoms with Crippen LogP contribution in [0.4, 0.5) is 0 Å². The summed E-state index contributed by atoms with van der Waals surface area (Å²) in [5, 5.41) is 23.6. The molecule has 166 valence electrons. The highest BCUT2D eigenvalue weighted by molar-refractivity contribution is 5.90. The number of methoxy groups -OCH3 is 1. The van der Waals surface area contributed by atoms with E-state index in [2.05, 4.69) is 10.6 Å². The minimum Gasteiger partial charge on any atom is -0.508 e. The van der Waals surface area contributed by atoms with Gasteiger partial charge in [0.05, 0.1) is 13.0 Å². The molecular weight excluding hydrogens is 402 g/mol. The molecule has 0 bridgehead atoms. The molecule has 0 unspecified atom stereocenters. The van der Waals surface area contributed by atoms with Gasteiger partial charge in [0, 0.05) is 19.9 Å². The normalized spacial score (nSPS) is 12.4. The molecule has 3 amide bonds. The predicted octanol–water partition coefficient (Wildman–Crippen LogP) is 0.929. The summed E-state index contributed by atoms with van der Waals surface area (Å²) in [5.41, 5.74) is 3.07. The van der Waals surface area contributed by atoms with Crippen molar-refractivity contribution in [2.75, 3.05) is 14.2 Å². The van der Waals surface area contributed by atoms with Crippen molar-refractivity contribution in [1.29, 1.82) is 0 Å². The quantitative estimate of drug-likeness (QED) is 0.281. The minimum absolute atomic E-state index is 0.0806. The average molecular weight is 429 g/mol. The maximum Gasteiger partial charge on any atom is 0.244 e. The number of likely N-dealkylation sites (N-methyl/N-ethyl adjacent to an activating group) is 1. The van der Waals surface area contributed by atoms with Crippen LogP contribution in [0.25, 0.3) is 0 Å². The number of aromatic hydroxyl groups is 1. The Morgan fingerprint density at radius 3 is 2.06 bits per heavy atom. The molecule has 0 saturated heterocycles. The van der Waals surface area contributed by atoms with Crippen molar-refractivity contribution in [1.82, 2.24) is 16.1 Å². The van der Waals surface area contributed by atoms with Crippen LogP contribution in [0.5, 0.6) is 11.5 Å². The molecule has 0 heterocycles. The van der Waals surface area contributed by atoms with Crippen LogP contribution in [0.1, 0.15) is 17.5 Å². The van der Waals surface area contributed by atoms with Crippen molar-refractivity contribution in [2.24, 2.45) is 5.92 Å². The molecule has 0 radical (unpaired) electrons. The van der Waals surface area contributed by atoms with Crippen LogP contribution >= 0.6 is 0 Å². The first-order valence-corrected chi connectivity index (χ1v) is 9.72. The molecule has 9 heteroatoms. The molecule has 31 heavy (non-hydrogen) atoms. The van der Waals surface area contributed by atoms with Gasteiger partial charge >= 0.3 is 0 Å². The summed E-state index contributed by atoms with van der Waals surface area (Å²) in [7, 11) is 3.03. The smallest absolute Gasteiger partial charge is 0.244 e. The summed E-state index contributed by atoms with van der Waals surface area (Å²) in [6.45, 7) is 0. The van der Waals surface area contributed by atoms with Crippen LogP contribution in [0.3, 0.4) is 0 Å². The fourth-order valence-corrected chi connectivity index (χ4v) is 3.11. The lowest BCUT2D eigenvalue weighted by atomic mass is 9.94. The number of hydroxylamine groups is 1. The van der Waals surface area contributed by atoms with E-state index in [1.54, 1.807) is 43.5 Å². The highest BCUT2D eigenvalue weighted by atomic mass is 16.5. The van der Waals surface area contributed by atoms with E-state index in [0.717, 1.165) is 11.1 Å². The SMILES string of the molecule is CNC(=O)[C@H](Cc1ccc(OC)cc1)NC(=O)[C@H](CC(=O)NO)Cc1ccc(O)cc1. The van der Waals surface area contributed by atoms with E-state index in [9.17, 15) is 19.5 Å². The largest absolute Gasteiger partial charge is 0.508 e. The van der Waals surface area contributed by atoms with Crippen LogP contribution in [-0.4, -0.2) is 48.2 Å². The van der Waals surface area contributed by atoms with Gasteiger partial charge < -0.3 is 20.5 Å². The zero-order valence-electron chi connectivity index (χ0n) is 17.4. The van der Waals surface area contributed by atoms with Crippen molar-refractivity contribution in [3.05, 3.63) is 59.7 Å². The summed E-state index contributed by atoms with van der Waals surface area (Å²) in [6, 6.07) is 12.5. The average Bonchev–Trinajstić information content (AvgIpc) is 2.79. The van der Waals surface area contributed by atoms with Crippen molar-refractivity contribution < 1.29 is 29.4 Å². The summed E-state index contributed by atoms with van der Waals surface area (Å²) < 4.78 is 5.13. The van der Waals surface area contributed by atoms with E-state index in [1.165, 1.54) is 24.7 Å². The molecule has 2 aromatic carbocycles. The Labute approximate surface area is 180 Å². The lowest BCUT2D eigenvalue weighted by Crippen LogP contribution is -2.49. The van der Waals surface area contributed by atoms with Crippen molar-refractivity contribution in [2.45, 2.75) is 25.3 Å². The molecule has 0 fully saturated rings. The predicted molar refractivity (Wildman–Crippen MR) is 113 cm³/mol. The van der Waals surface area contributed by atoms with Crippen LogP contribution in [0.15, 0.2) is 48.5 Å². The number of carbonyl (C=O) groups excluding carboxylic acids is 3. The van der Waals surface area contributed by atoms with E-state index >= 15 is 0 Å². The number of nitrogens with one attached hydrogen (secondary N) is 3. The number of benzene rings is 2. The first-order valence-electron chi connectivity index (χ1n) is 9.72. The zero-order chi connectivity index (χ0) is 22.8. The summed E-state index contributed by atoms with van der Waals surface area (Å²) in [4.78, 5) is 37.1. The van der Waals surface area contributed by atoms with Gasteiger partial charge in [0.15, 0.2) is 0 Å². The third-order valence-corrected chi connectivity index (χ3v) is 4.82. The van der Waals surface area contributed by atoms with Crippen molar-refractivity contribution >= 4 is 17.7 Å². The van der Waals surface area contributed by atoms with E-state index < -0.39 is 23.8 Å². The van der Waals surface area contributed by atoms with Gasteiger partial charge in [-0.1, -0.05) is 24.3 Å².